The first-order chi connectivity index (χ1) is 8.02. The molecule has 1 heterocycles. The van der Waals surface area contributed by atoms with Gasteiger partial charge in [-0.1, -0.05) is 11.6 Å². The smallest absolute Gasteiger partial charge is 0.221 e. The molecule has 0 unspecified atom stereocenters. The van der Waals surface area contributed by atoms with Gasteiger partial charge in [-0.2, -0.15) is 0 Å². The van der Waals surface area contributed by atoms with E-state index in [1.54, 1.807) is 19.2 Å². The number of halogens is 1. The van der Waals surface area contributed by atoms with Gasteiger partial charge < -0.3 is 11.1 Å². The normalized spacial score (nSPS) is 10.6. The highest BCUT2D eigenvalue weighted by Crippen LogP contribution is 2.16. The molecular formula is C11H17ClN4O. The summed E-state index contributed by atoms with van der Waals surface area (Å²) >= 11 is 6.01. The summed E-state index contributed by atoms with van der Waals surface area (Å²) in [5, 5.41) is 3.17. The summed E-state index contributed by atoms with van der Waals surface area (Å²) in [5.74, 6) is 0.465. The third-order valence-electron chi connectivity index (χ3n) is 2.36. The average Bonchev–Trinajstić information content (AvgIpc) is 2.30. The summed E-state index contributed by atoms with van der Waals surface area (Å²) < 4.78 is 0. The topological polar surface area (TPSA) is 71.2 Å². The van der Waals surface area contributed by atoms with Gasteiger partial charge in [0.1, 0.15) is 5.82 Å². The van der Waals surface area contributed by atoms with E-state index < -0.39 is 0 Å². The number of rotatable bonds is 5. The van der Waals surface area contributed by atoms with Crippen molar-refractivity contribution in [3.05, 3.63) is 22.8 Å². The zero-order chi connectivity index (χ0) is 12.8. The van der Waals surface area contributed by atoms with Crippen molar-refractivity contribution in [3.63, 3.8) is 0 Å². The van der Waals surface area contributed by atoms with Gasteiger partial charge in [0.25, 0.3) is 0 Å². The van der Waals surface area contributed by atoms with Crippen LogP contribution in [0.5, 0.6) is 0 Å². The van der Waals surface area contributed by atoms with E-state index in [0.29, 0.717) is 30.4 Å². The molecule has 0 saturated carbocycles. The van der Waals surface area contributed by atoms with Crippen LogP contribution < -0.4 is 11.1 Å². The lowest BCUT2D eigenvalue weighted by Gasteiger charge is -2.16. The fraction of sp³-hybridized carbons (Fsp3) is 0.455. The number of nitrogens with zero attached hydrogens (tertiary/aromatic N) is 2. The number of carbonyl (C=O) groups excluding carboxylic acids is 1. The highest BCUT2D eigenvalue weighted by molar-refractivity contribution is 6.31. The van der Waals surface area contributed by atoms with E-state index in [-0.39, 0.29) is 5.91 Å². The molecule has 17 heavy (non-hydrogen) atoms. The lowest BCUT2D eigenvalue weighted by molar-refractivity contribution is -0.120. The van der Waals surface area contributed by atoms with Gasteiger partial charge in [0, 0.05) is 26.6 Å². The summed E-state index contributed by atoms with van der Waals surface area (Å²) in [6.07, 6.45) is 0.451. The summed E-state index contributed by atoms with van der Waals surface area (Å²) in [6.45, 7) is 1.22. The largest absolute Gasteiger partial charge is 0.384 e. The molecule has 6 heteroatoms. The molecule has 3 N–H and O–H groups in total. The van der Waals surface area contributed by atoms with Crippen LogP contribution >= 0.6 is 11.6 Å². The number of hydrogen-bond acceptors (Lipinski definition) is 4. The summed E-state index contributed by atoms with van der Waals surface area (Å²) in [4.78, 5) is 17.2. The predicted molar refractivity (Wildman–Crippen MR) is 68.7 cm³/mol. The zero-order valence-electron chi connectivity index (χ0n) is 10.0. The first kappa shape index (κ1) is 13.7. The SMILES string of the molecule is CNC(=O)CCN(C)Cc1nc(N)ccc1Cl. The lowest BCUT2D eigenvalue weighted by atomic mass is 10.3. The molecule has 0 radical (unpaired) electrons. The second kappa shape index (κ2) is 6.42. The number of amides is 1. The van der Waals surface area contributed by atoms with Gasteiger partial charge in [0.05, 0.1) is 10.7 Å². The Hall–Kier alpha value is -1.33. The van der Waals surface area contributed by atoms with Crippen molar-refractivity contribution in [1.29, 1.82) is 0 Å². The highest BCUT2D eigenvalue weighted by atomic mass is 35.5. The Labute approximate surface area is 106 Å². The average molecular weight is 257 g/mol. The quantitative estimate of drug-likeness (QED) is 0.821. The van der Waals surface area contributed by atoms with Crippen molar-refractivity contribution >= 4 is 23.3 Å². The van der Waals surface area contributed by atoms with Crippen LogP contribution in [0.1, 0.15) is 12.1 Å². The minimum atomic E-state index is 0.0171. The molecule has 0 spiro atoms. The molecule has 0 aliphatic rings. The highest BCUT2D eigenvalue weighted by Gasteiger charge is 2.08. The Morgan fingerprint density at radius 2 is 2.29 bits per heavy atom. The summed E-state index contributed by atoms with van der Waals surface area (Å²) in [7, 11) is 3.53. The van der Waals surface area contributed by atoms with Gasteiger partial charge in [-0.05, 0) is 19.2 Å². The van der Waals surface area contributed by atoms with E-state index in [9.17, 15) is 4.79 Å². The second-order valence-electron chi connectivity index (χ2n) is 3.83. The number of nitrogens with one attached hydrogen (secondary N) is 1. The van der Waals surface area contributed by atoms with Crippen LogP contribution in [0, 0.1) is 0 Å². The summed E-state index contributed by atoms with van der Waals surface area (Å²) in [5.41, 5.74) is 6.32. The molecule has 94 valence electrons. The number of pyridine rings is 1. The van der Waals surface area contributed by atoms with E-state index in [0.717, 1.165) is 5.69 Å². The molecule has 1 aromatic heterocycles. The molecule has 0 saturated heterocycles. The van der Waals surface area contributed by atoms with Gasteiger partial charge >= 0.3 is 0 Å². The molecular weight excluding hydrogens is 240 g/mol. The molecule has 1 amide bonds. The van der Waals surface area contributed by atoms with E-state index >= 15 is 0 Å². The van der Waals surface area contributed by atoms with Gasteiger partial charge in [-0.25, -0.2) is 4.98 Å². The van der Waals surface area contributed by atoms with E-state index in [2.05, 4.69) is 10.3 Å². The van der Waals surface area contributed by atoms with Crippen molar-refractivity contribution in [2.45, 2.75) is 13.0 Å². The standard InChI is InChI=1S/C11H17ClN4O/c1-14-11(17)5-6-16(2)7-9-8(12)3-4-10(13)15-9/h3-4H,5-7H2,1-2H3,(H2,13,15)(H,14,17). The Balaban J connectivity index is 2.52. The molecule has 5 nitrogen and oxygen atoms in total. The van der Waals surface area contributed by atoms with Crippen molar-refractivity contribution in [2.75, 3.05) is 26.4 Å². The van der Waals surface area contributed by atoms with Crippen molar-refractivity contribution in [1.82, 2.24) is 15.2 Å². The van der Waals surface area contributed by atoms with Crippen LogP contribution in [0.25, 0.3) is 0 Å². The van der Waals surface area contributed by atoms with Crippen LogP contribution in [0.15, 0.2) is 12.1 Å². The van der Waals surface area contributed by atoms with E-state index in [4.69, 9.17) is 17.3 Å². The molecule has 0 aromatic carbocycles. The Bertz CT molecular complexity index is 397. The first-order valence-electron chi connectivity index (χ1n) is 5.33. The zero-order valence-corrected chi connectivity index (χ0v) is 10.8. The first-order valence-corrected chi connectivity index (χ1v) is 5.70. The van der Waals surface area contributed by atoms with Crippen LogP contribution in [-0.4, -0.2) is 36.4 Å². The number of nitrogens with two attached hydrogens (primary N) is 1. The van der Waals surface area contributed by atoms with Gasteiger partial charge in [0.15, 0.2) is 0 Å². The minimum absolute atomic E-state index is 0.0171. The van der Waals surface area contributed by atoms with Crippen molar-refractivity contribution in [3.8, 4) is 0 Å². The fourth-order valence-electron chi connectivity index (χ4n) is 1.36. The second-order valence-corrected chi connectivity index (χ2v) is 4.23. The van der Waals surface area contributed by atoms with Crippen LogP contribution in [-0.2, 0) is 11.3 Å². The minimum Gasteiger partial charge on any atom is -0.384 e. The maximum atomic E-state index is 11.1. The lowest BCUT2D eigenvalue weighted by Crippen LogP contribution is -2.26. The molecule has 0 fully saturated rings. The molecule has 1 aromatic rings. The number of nitrogen functional groups attached to an aromatic ring is 1. The van der Waals surface area contributed by atoms with Gasteiger partial charge in [0.2, 0.25) is 5.91 Å². The number of hydrogen-bond donors (Lipinski definition) is 2. The third-order valence-corrected chi connectivity index (χ3v) is 2.70. The van der Waals surface area contributed by atoms with Crippen LogP contribution in [0.3, 0.4) is 0 Å². The van der Waals surface area contributed by atoms with Crippen LogP contribution in [0.4, 0.5) is 5.82 Å². The molecule has 0 aliphatic carbocycles. The number of aromatic nitrogens is 1. The van der Waals surface area contributed by atoms with Crippen LogP contribution in [0.2, 0.25) is 5.02 Å². The van der Waals surface area contributed by atoms with Crippen molar-refractivity contribution in [2.24, 2.45) is 0 Å². The Kier molecular flexibility index (Phi) is 5.18. The number of carbonyl (C=O) groups is 1. The fourth-order valence-corrected chi connectivity index (χ4v) is 1.53. The van der Waals surface area contributed by atoms with Gasteiger partial charge in [-0.15, -0.1) is 0 Å². The van der Waals surface area contributed by atoms with Gasteiger partial charge in [-0.3, -0.25) is 9.69 Å². The Morgan fingerprint density at radius 3 is 2.94 bits per heavy atom. The Morgan fingerprint density at radius 1 is 1.59 bits per heavy atom. The molecule has 0 atom stereocenters. The monoisotopic (exact) mass is 256 g/mol. The number of anilines is 1. The van der Waals surface area contributed by atoms with E-state index in [1.807, 2.05) is 11.9 Å². The summed E-state index contributed by atoms with van der Waals surface area (Å²) in [6, 6.07) is 3.39. The molecule has 1 rings (SSSR count). The van der Waals surface area contributed by atoms with Crippen molar-refractivity contribution < 1.29 is 4.79 Å². The predicted octanol–water partition coefficient (Wildman–Crippen LogP) is 0.885. The maximum absolute atomic E-state index is 11.1. The maximum Gasteiger partial charge on any atom is 0.221 e. The van der Waals surface area contributed by atoms with E-state index in [1.165, 1.54) is 0 Å². The molecule has 0 bridgehead atoms. The molecule has 0 aliphatic heterocycles. The third kappa shape index (κ3) is 4.58.